The molecule has 0 bridgehead atoms. The van der Waals surface area contributed by atoms with E-state index in [0.717, 1.165) is 71.0 Å². The lowest BCUT2D eigenvalue weighted by Gasteiger charge is -2.44. The van der Waals surface area contributed by atoms with E-state index in [9.17, 15) is 9.59 Å². The molecule has 0 aromatic carbocycles. The van der Waals surface area contributed by atoms with Crippen LogP contribution >= 0.6 is 0 Å². The summed E-state index contributed by atoms with van der Waals surface area (Å²) in [5.74, 6) is 0.723. The molecule has 1 atom stereocenters. The van der Waals surface area contributed by atoms with Crippen LogP contribution < -0.4 is 5.32 Å². The molecular weight excluding hydrogens is 615 g/mol. The number of carbonyl (C=O) groups is 2. The van der Waals surface area contributed by atoms with E-state index in [1.54, 1.807) is 0 Å². The molecule has 5 nitrogen and oxygen atoms in total. The predicted molar refractivity (Wildman–Crippen MR) is 217 cm³/mol. The second-order valence-corrected chi connectivity index (χ2v) is 16.6. The summed E-state index contributed by atoms with van der Waals surface area (Å²) < 4.78 is 0. The molecule has 1 aliphatic carbocycles. The van der Waals surface area contributed by atoms with Crippen molar-refractivity contribution >= 4 is 11.8 Å². The van der Waals surface area contributed by atoms with Crippen molar-refractivity contribution in [1.29, 1.82) is 0 Å². The van der Waals surface area contributed by atoms with E-state index < -0.39 is 0 Å². The summed E-state index contributed by atoms with van der Waals surface area (Å²) in [5.41, 5.74) is 0. The first-order valence-corrected chi connectivity index (χ1v) is 22.9. The Balaban J connectivity index is 2.23. The van der Waals surface area contributed by atoms with E-state index in [0.29, 0.717) is 6.42 Å². The molecule has 5 heteroatoms. The van der Waals surface area contributed by atoms with Crippen LogP contribution in [0.1, 0.15) is 233 Å². The number of nitrogens with zero attached hydrogens (tertiary/aromatic N) is 2. The number of hydrogen-bond donors (Lipinski definition) is 1. The summed E-state index contributed by atoms with van der Waals surface area (Å²) in [7, 11) is 0. The van der Waals surface area contributed by atoms with Crippen LogP contribution in [0.15, 0.2) is 0 Å². The summed E-state index contributed by atoms with van der Waals surface area (Å²) in [4.78, 5) is 34.2. The van der Waals surface area contributed by atoms with Gasteiger partial charge in [-0.25, -0.2) is 0 Å². The number of rotatable bonds is 30. The maximum atomic E-state index is 14.7. The van der Waals surface area contributed by atoms with Gasteiger partial charge in [0.25, 0.3) is 0 Å². The van der Waals surface area contributed by atoms with E-state index in [4.69, 9.17) is 0 Å². The summed E-state index contributed by atoms with van der Waals surface area (Å²) in [5, 5.41) is 3.61. The van der Waals surface area contributed by atoms with Gasteiger partial charge in [0.15, 0.2) is 0 Å². The number of unbranched alkanes of at least 4 members (excludes halogenated alkanes) is 18. The summed E-state index contributed by atoms with van der Waals surface area (Å²) >= 11 is 0. The van der Waals surface area contributed by atoms with Crippen molar-refractivity contribution in [1.82, 2.24) is 15.1 Å². The molecule has 1 unspecified atom stereocenters. The maximum absolute atomic E-state index is 14.7. The van der Waals surface area contributed by atoms with E-state index >= 15 is 0 Å². The minimum atomic E-state index is -0.311. The van der Waals surface area contributed by atoms with Crippen LogP contribution in [-0.4, -0.2) is 59.4 Å². The van der Waals surface area contributed by atoms with Crippen LogP contribution in [0, 0.1) is 5.92 Å². The quantitative estimate of drug-likeness (QED) is 0.0599. The van der Waals surface area contributed by atoms with Crippen molar-refractivity contribution < 1.29 is 9.59 Å². The topological polar surface area (TPSA) is 52.7 Å². The molecule has 0 aromatic rings. The first kappa shape index (κ1) is 45.1. The van der Waals surface area contributed by atoms with Crippen LogP contribution in [0.3, 0.4) is 0 Å². The van der Waals surface area contributed by atoms with Crippen LogP contribution in [-0.2, 0) is 9.59 Å². The Bertz CT molecular complexity index is 788. The lowest BCUT2D eigenvalue weighted by Crippen LogP contribution is -2.59. The number of amides is 2. The van der Waals surface area contributed by atoms with Crippen molar-refractivity contribution in [3.8, 4) is 0 Å². The molecule has 0 radical (unpaired) electrons. The van der Waals surface area contributed by atoms with Gasteiger partial charge in [0.1, 0.15) is 6.04 Å². The van der Waals surface area contributed by atoms with Crippen LogP contribution in [0.5, 0.6) is 0 Å². The van der Waals surface area contributed by atoms with Crippen molar-refractivity contribution in [2.75, 3.05) is 19.6 Å². The Hall–Kier alpha value is -1.10. The van der Waals surface area contributed by atoms with Gasteiger partial charge in [0.05, 0.1) is 0 Å². The van der Waals surface area contributed by atoms with Gasteiger partial charge < -0.3 is 15.1 Å². The van der Waals surface area contributed by atoms with Crippen molar-refractivity contribution in [2.45, 2.75) is 251 Å². The molecule has 50 heavy (non-hydrogen) atoms. The van der Waals surface area contributed by atoms with E-state index in [2.05, 4.69) is 42.8 Å². The van der Waals surface area contributed by atoms with Gasteiger partial charge in [-0.2, -0.15) is 0 Å². The molecule has 0 aromatic heterocycles. The Labute approximate surface area is 312 Å². The van der Waals surface area contributed by atoms with E-state index in [1.807, 2.05) is 0 Å². The normalized spacial score (nSPS) is 17.2. The minimum Gasteiger partial charge on any atom is -0.352 e. The summed E-state index contributed by atoms with van der Waals surface area (Å²) in [6, 6.07) is 0.148. The van der Waals surface area contributed by atoms with Crippen LogP contribution in [0.2, 0.25) is 0 Å². The monoisotopic (exact) mass is 702 g/mol. The van der Waals surface area contributed by atoms with Gasteiger partial charge in [0.2, 0.25) is 11.8 Å². The van der Waals surface area contributed by atoms with Gasteiger partial charge >= 0.3 is 0 Å². The fourth-order valence-corrected chi connectivity index (χ4v) is 8.91. The highest BCUT2D eigenvalue weighted by molar-refractivity contribution is 5.88. The van der Waals surface area contributed by atoms with Gasteiger partial charge in [-0.3, -0.25) is 9.59 Å². The second kappa shape index (κ2) is 30.4. The van der Waals surface area contributed by atoms with Crippen molar-refractivity contribution in [2.24, 2.45) is 5.92 Å². The Morgan fingerprint density at radius 3 is 1.48 bits per heavy atom. The molecule has 294 valence electrons. The lowest BCUT2D eigenvalue weighted by molar-refractivity contribution is -0.147. The van der Waals surface area contributed by atoms with E-state index in [1.165, 1.54) is 148 Å². The third-order valence-corrected chi connectivity index (χ3v) is 12.3. The van der Waals surface area contributed by atoms with Gasteiger partial charge in [-0.15, -0.1) is 0 Å². The summed E-state index contributed by atoms with van der Waals surface area (Å²) in [6.07, 6.45) is 38.7. The van der Waals surface area contributed by atoms with Crippen molar-refractivity contribution in [3.63, 3.8) is 0 Å². The van der Waals surface area contributed by atoms with E-state index in [-0.39, 0.29) is 35.9 Å². The molecule has 1 saturated heterocycles. The number of piperidine rings is 1. The largest absolute Gasteiger partial charge is 0.352 e. The highest BCUT2D eigenvalue weighted by atomic mass is 16.2. The standard InChI is InChI=1S/C45H87N3O2/c1-5-9-12-15-16-17-18-19-20-23-30-35-43(49)48(42(33-28-21-13-10-6-2)34-29-22-14-11-7-3)44(40-36-38-47(8-4)39-37-40)45(50)46-41-31-26-24-25-27-32-41/h40-42,44H,5-39H2,1-4H3,(H,46,50). The Morgan fingerprint density at radius 1 is 0.580 bits per heavy atom. The highest BCUT2D eigenvalue weighted by Gasteiger charge is 2.41. The minimum absolute atomic E-state index is 0.182. The summed E-state index contributed by atoms with van der Waals surface area (Å²) in [6.45, 7) is 12.3. The molecule has 0 spiro atoms. The smallest absolute Gasteiger partial charge is 0.243 e. The molecule has 1 heterocycles. The third kappa shape index (κ3) is 19.7. The van der Waals surface area contributed by atoms with Gasteiger partial charge in [-0.1, -0.05) is 182 Å². The zero-order valence-corrected chi connectivity index (χ0v) is 34.3. The molecule has 2 fully saturated rings. The first-order chi connectivity index (χ1) is 24.5. The Morgan fingerprint density at radius 2 is 1.02 bits per heavy atom. The zero-order chi connectivity index (χ0) is 36.1. The molecule has 2 rings (SSSR count). The molecule has 1 N–H and O–H groups in total. The van der Waals surface area contributed by atoms with Gasteiger partial charge in [-0.05, 0) is 70.5 Å². The first-order valence-electron chi connectivity index (χ1n) is 22.9. The molecule has 2 amide bonds. The zero-order valence-electron chi connectivity index (χ0n) is 34.3. The third-order valence-electron chi connectivity index (χ3n) is 12.3. The Kier molecular flexibility index (Phi) is 27.4. The molecule has 2 aliphatic rings. The van der Waals surface area contributed by atoms with Gasteiger partial charge in [0, 0.05) is 18.5 Å². The van der Waals surface area contributed by atoms with Crippen LogP contribution in [0.25, 0.3) is 0 Å². The fraction of sp³-hybridized carbons (Fsp3) is 0.956. The molecule has 1 saturated carbocycles. The second-order valence-electron chi connectivity index (χ2n) is 16.6. The average molecular weight is 702 g/mol. The number of hydrogen-bond acceptors (Lipinski definition) is 3. The fourth-order valence-electron chi connectivity index (χ4n) is 8.91. The molecular formula is C45H87N3O2. The highest BCUT2D eigenvalue weighted by Crippen LogP contribution is 2.31. The number of nitrogens with one attached hydrogen (secondary N) is 1. The lowest BCUT2D eigenvalue weighted by atomic mass is 9.85. The SMILES string of the molecule is CCCCCCCCCCCCCC(=O)N(C(CCCCCCC)CCCCCCC)C(C(=O)NC1CCCCCC1)C1CCN(CC)CC1. The molecule has 1 aliphatic heterocycles. The van der Waals surface area contributed by atoms with Crippen LogP contribution in [0.4, 0.5) is 0 Å². The predicted octanol–water partition coefficient (Wildman–Crippen LogP) is 12.5. The average Bonchev–Trinajstić information content (AvgIpc) is 3.40. The number of carbonyl (C=O) groups excluding carboxylic acids is 2. The number of likely N-dealkylation sites (tertiary alicyclic amines) is 1. The van der Waals surface area contributed by atoms with Crippen molar-refractivity contribution in [3.05, 3.63) is 0 Å². The maximum Gasteiger partial charge on any atom is 0.243 e.